The predicted octanol–water partition coefficient (Wildman–Crippen LogP) is 2.51. The zero-order valence-corrected chi connectivity index (χ0v) is 18.3. The van der Waals surface area contributed by atoms with Crippen LogP contribution >= 0.6 is 11.8 Å². The number of sulfonamides is 1. The normalized spacial score (nSPS) is 16.1. The molecular formula is C19H31N3O3S2. The zero-order valence-electron chi connectivity index (χ0n) is 16.7. The summed E-state index contributed by atoms with van der Waals surface area (Å²) in [6.45, 7) is 4.84. The van der Waals surface area contributed by atoms with Crippen LogP contribution < -0.4 is 4.72 Å². The van der Waals surface area contributed by atoms with Crippen LogP contribution in [-0.2, 0) is 10.0 Å². The van der Waals surface area contributed by atoms with Crippen molar-refractivity contribution in [3.63, 3.8) is 0 Å². The van der Waals surface area contributed by atoms with E-state index >= 15 is 0 Å². The molecular weight excluding hydrogens is 382 g/mol. The minimum absolute atomic E-state index is 0.0732. The van der Waals surface area contributed by atoms with Gasteiger partial charge in [0.05, 0.1) is 10.5 Å². The van der Waals surface area contributed by atoms with E-state index in [2.05, 4.69) is 11.6 Å². The summed E-state index contributed by atoms with van der Waals surface area (Å²) < 4.78 is 27.9. The maximum absolute atomic E-state index is 13.0. The first-order valence-electron chi connectivity index (χ1n) is 9.36. The van der Waals surface area contributed by atoms with Gasteiger partial charge in [0.1, 0.15) is 0 Å². The molecule has 1 aromatic rings. The summed E-state index contributed by atoms with van der Waals surface area (Å²) in [5.41, 5.74) is 0.480. The number of hydrogen-bond donors (Lipinski definition) is 1. The van der Waals surface area contributed by atoms with Gasteiger partial charge in [-0.05, 0) is 70.3 Å². The fraction of sp³-hybridized carbons (Fsp3) is 0.632. The highest BCUT2D eigenvalue weighted by atomic mass is 32.2. The lowest BCUT2D eigenvalue weighted by Crippen LogP contribution is -2.38. The molecule has 2 rings (SSSR count). The van der Waals surface area contributed by atoms with Gasteiger partial charge >= 0.3 is 0 Å². The highest BCUT2D eigenvalue weighted by molar-refractivity contribution is 7.98. The van der Waals surface area contributed by atoms with Gasteiger partial charge in [-0.15, -0.1) is 11.8 Å². The van der Waals surface area contributed by atoms with Gasteiger partial charge in [-0.2, -0.15) is 0 Å². The molecule has 0 saturated carbocycles. The van der Waals surface area contributed by atoms with Crippen molar-refractivity contribution < 1.29 is 13.2 Å². The fourth-order valence-electron chi connectivity index (χ4n) is 3.09. The van der Waals surface area contributed by atoms with E-state index in [1.807, 2.05) is 30.2 Å². The van der Waals surface area contributed by atoms with E-state index in [0.717, 1.165) is 43.8 Å². The number of benzene rings is 1. The van der Waals surface area contributed by atoms with Crippen LogP contribution in [-0.4, -0.2) is 70.7 Å². The Bertz CT molecular complexity index is 743. The van der Waals surface area contributed by atoms with Crippen molar-refractivity contribution in [3.05, 3.63) is 23.8 Å². The van der Waals surface area contributed by atoms with Crippen LogP contribution in [0.25, 0.3) is 0 Å². The van der Waals surface area contributed by atoms with E-state index in [1.165, 1.54) is 17.8 Å². The van der Waals surface area contributed by atoms with Gasteiger partial charge < -0.3 is 9.80 Å². The van der Waals surface area contributed by atoms with Crippen molar-refractivity contribution in [1.29, 1.82) is 0 Å². The number of nitrogens with one attached hydrogen (secondary N) is 1. The summed E-state index contributed by atoms with van der Waals surface area (Å²) in [5, 5.41) is 0. The van der Waals surface area contributed by atoms with Gasteiger partial charge in [-0.25, -0.2) is 13.1 Å². The molecule has 1 aromatic carbocycles. The lowest BCUT2D eigenvalue weighted by atomic mass is 9.98. The largest absolute Gasteiger partial charge is 0.339 e. The number of amides is 1. The van der Waals surface area contributed by atoms with E-state index in [1.54, 1.807) is 12.1 Å². The molecule has 1 aliphatic heterocycles. The van der Waals surface area contributed by atoms with E-state index in [4.69, 9.17) is 0 Å². The molecule has 0 radical (unpaired) electrons. The SMILES string of the molecule is CSc1ccc(S(=O)(=O)NCCCN(C)C)cc1C(=O)N1CCC(C)CC1. The lowest BCUT2D eigenvalue weighted by Gasteiger charge is -2.30. The molecule has 1 amide bonds. The average molecular weight is 414 g/mol. The maximum atomic E-state index is 13.0. The highest BCUT2D eigenvalue weighted by Gasteiger charge is 2.25. The van der Waals surface area contributed by atoms with Crippen molar-refractivity contribution in [1.82, 2.24) is 14.5 Å². The van der Waals surface area contributed by atoms with Crippen LogP contribution in [0.4, 0.5) is 0 Å². The van der Waals surface area contributed by atoms with Crippen molar-refractivity contribution in [2.24, 2.45) is 5.92 Å². The van der Waals surface area contributed by atoms with Crippen molar-refractivity contribution in [2.75, 3.05) is 46.5 Å². The number of carbonyl (C=O) groups excluding carboxylic acids is 1. The Kier molecular flexibility index (Phi) is 8.15. The standard InChI is InChI=1S/C19H31N3O3S2/c1-15-8-12-22(13-9-15)19(23)17-14-16(6-7-18(17)26-4)27(24,25)20-10-5-11-21(2)3/h6-7,14-15,20H,5,8-13H2,1-4H3. The van der Waals surface area contributed by atoms with Gasteiger partial charge in [0, 0.05) is 24.5 Å². The molecule has 27 heavy (non-hydrogen) atoms. The lowest BCUT2D eigenvalue weighted by molar-refractivity contribution is 0.0693. The first-order valence-corrected chi connectivity index (χ1v) is 12.1. The zero-order chi connectivity index (χ0) is 20.0. The Hall–Kier alpha value is -1.09. The second-order valence-corrected chi connectivity index (χ2v) is 10.0. The quantitative estimate of drug-likeness (QED) is 0.524. The van der Waals surface area contributed by atoms with E-state index in [9.17, 15) is 13.2 Å². The van der Waals surface area contributed by atoms with E-state index in [-0.39, 0.29) is 10.8 Å². The summed E-state index contributed by atoms with van der Waals surface area (Å²) in [4.78, 5) is 17.8. The Labute approximate surface area is 167 Å². The Morgan fingerprint density at radius 3 is 2.56 bits per heavy atom. The molecule has 152 valence electrons. The average Bonchev–Trinajstić information content (AvgIpc) is 2.64. The number of thioether (sulfide) groups is 1. The summed E-state index contributed by atoms with van der Waals surface area (Å²) >= 11 is 1.46. The maximum Gasteiger partial charge on any atom is 0.255 e. The number of carbonyl (C=O) groups is 1. The molecule has 0 aliphatic carbocycles. The van der Waals surface area contributed by atoms with Gasteiger partial charge in [0.15, 0.2) is 0 Å². The summed E-state index contributed by atoms with van der Waals surface area (Å²) in [6, 6.07) is 4.84. The monoisotopic (exact) mass is 413 g/mol. The summed E-state index contributed by atoms with van der Waals surface area (Å²) in [5.74, 6) is 0.558. The molecule has 1 fully saturated rings. The van der Waals surface area contributed by atoms with Gasteiger partial charge in [0.25, 0.3) is 5.91 Å². The number of piperidine rings is 1. The molecule has 1 N–H and O–H groups in total. The smallest absolute Gasteiger partial charge is 0.255 e. The summed E-state index contributed by atoms with van der Waals surface area (Å²) in [7, 11) is 0.279. The number of rotatable bonds is 8. The molecule has 0 bridgehead atoms. The highest BCUT2D eigenvalue weighted by Crippen LogP contribution is 2.27. The summed E-state index contributed by atoms with van der Waals surface area (Å²) in [6.07, 6.45) is 4.61. The van der Waals surface area contributed by atoms with Crippen LogP contribution in [0, 0.1) is 5.92 Å². The predicted molar refractivity (Wildman–Crippen MR) is 111 cm³/mol. The number of hydrogen-bond acceptors (Lipinski definition) is 5. The van der Waals surface area contributed by atoms with Crippen LogP contribution in [0.3, 0.4) is 0 Å². The molecule has 1 aliphatic rings. The molecule has 8 heteroatoms. The van der Waals surface area contributed by atoms with Crippen molar-refractivity contribution in [2.45, 2.75) is 36.0 Å². The van der Waals surface area contributed by atoms with E-state index < -0.39 is 10.0 Å². The molecule has 0 atom stereocenters. The molecule has 6 nitrogen and oxygen atoms in total. The van der Waals surface area contributed by atoms with Crippen LogP contribution in [0.5, 0.6) is 0 Å². The fourth-order valence-corrected chi connectivity index (χ4v) is 4.76. The Balaban J connectivity index is 2.17. The first kappa shape index (κ1) is 22.2. The third-order valence-electron chi connectivity index (χ3n) is 4.86. The van der Waals surface area contributed by atoms with Gasteiger partial charge in [-0.1, -0.05) is 6.92 Å². The Morgan fingerprint density at radius 2 is 1.96 bits per heavy atom. The molecule has 1 saturated heterocycles. The molecule has 1 heterocycles. The molecule has 0 aromatic heterocycles. The van der Waals surface area contributed by atoms with Gasteiger partial charge in [0.2, 0.25) is 10.0 Å². The second kappa shape index (κ2) is 9.91. The number of nitrogens with zero attached hydrogens (tertiary/aromatic N) is 2. The van der Waals surface area contributed by atoms with E-state index in [0.29, 0.717) is 18.0 Å². The first-order chi connectivity index (χ1) is 12.7. The van der Waals surface area contributed by atoms with Gasteiger partial charge in [-0.3, -0.25) is 4.79 Å². The minimum atomic E-state index is -3.63. The van der Waals surface area contributed by atoms with Crippen molar-refractivity contribution in [3.8, 4) is 0 Å². The Morgan fingerprint density at radius 1 is 1.30 bits per heavy atom. The van der Waals surface area contributed by atoms with Crippen LogP contribution in [0.15, 0.2) is 28.0 Å². The second-order valence-electron chi connectivity index (χ2n) is 7.39. The number of likely N-dealkylation sites (tertiary alicyclic amines) is 1. The van der Waals surface area contributed by atoms with Crippen molar-refractivity contribution >= 4 is 27.7 Å². The molecule has 0 spiro atoms. The minimum Gasteiger partial charge on any atom is -0.339 e. The topological polar surface area (TPSA) is 69.7 Å². The molecule has 0 unspecified atom stereocenters. The van der Waals surface area contributed by atoms with Crippen LogP contribution in [0.1, 0.15) is 36.5 Å². The third kappa shape index (κ3) is 6.20. The van der Waals surface area contributed by atoms with Crippen LogP contribution in [0.2, 0.25) is 0 Å². The third-order valence-corrected chi connectivity index (χ3v) is 7.11.